The van der Waals surface area contributed by atoms with Gasteiger partial charge in [0, 0.05) is 19.6 Å². The molecule has 0 aliphatic carbocycles. The van der Waals surface area contributed by atoms with E-state index in [-0.39, 0.29) is 5.91 Å². The molecule has 0 unspecified atom stereocenters. The number of fused-ring (bicyclic) bond motifs is 6. The number of ether oxygens (including phenoxy) is 1. The molecule has 4 N–H and O–H groups in total. The van der Waals surface area contributed by atoms with Crippen molar-refractivity contribution in [3.05, 3.63) is 35.9 Å². The van der Waals surface area contributed by atoms with E-state index in [1.165, 1.54) is 0 Å². The van der Waals surface area contributed by atoms with Gasteiger partial charge in [-0.2, -0.15) is 0 Å². The SMILES string of the molecule is COc1ccc2nc1NCCCC[C@H]1CCCN(C1)c1cc(NS(=O)(=O)CCO)ccc1C(=O)N2. The zero-order valence-corrected chi connectivity index (χ0v) is 20.7. The van der Waals surface area contributed by atoms with Crippen LogP contribution in [0, 0.1) is 5.92 Å². The molecular formula is C24H33N5O5S. The Bertz CT molecular complexity index is 1160. The van der Waals surface area contributed by atoms with Crippen LogP contribution in [0.1, 0.15) is 42.5 Å². The largest absolute Gasteiger partial charge is 0.493 e. The van der Waals surface area contributed by atoms with Gasteiger partial charge in [0.15, 0.2) is 11.6 Å². The Morgan fingerprint density at radius 1 is 1.20 bits per heavy atom. The molecule has 11 heteroatoms. The molecule has 1 fully saturated rings. The molecule has 1 atom stereocenters. The summed E-state index contributed by atoms with van der Waals surface area (Å²) in [5.74, 6) is 1.35. The van der Waals surface area contributed by atoms with Crippen LogP contribution in [0.3, 0.4) is 0 Å². The van der Waals surface area contributed by atoms with Crippen LogP contribution >= 0.6 is 0 Å². The average Bonchev–Trinajstić information content (AvgIpc) is 2.83. The molecule has 1 saturated heterocycles. The molecule has 2 aromatic rings. The minimum atomic E-state index is -3.69. The number of hydrogen-bond acceptors (Lipinski definition) is 8. The Morgan fingerprint density at radius 2 is 2.03 bits per heavy atom. The van der Waals surface area contributed by atoms with E-state index in [0.717, 1.165) is 51.7 Å². The minimum absolute atomic E-state index is 0.328. The maximum atomic E-state index is 13.4. The van der Waals surface area contributed by atoms with Crippen molar-refractivity contribution in [3.63, 3.8) is 0 Å². The molecule has 35 heavy (non-hydrogen) atoms. The number of aliphatic hydroxyl groups is 1. The fourth-order valence-electron chi connectivity index (χ4n) is 4.67. The van der Waals surface area contributed by atoms with Crippen LogP contribution in [-0.4, -0.2) is 63.5 Å². The second kappa shape index (κ2) is 11.1. The molecule has 2 aliphatic heterocycles. The number of anilines is 4. The van der Waals surface area contributed by atoms with Crippen molar-refractivity contribution >= 4 is 38.9 Å². The van der Waals surface area contributed by atoms with Gasteiger partial charge in [0.1, 0.15) is 5.82 Å². The number of carbonyl (C=O) groups is 1. The fourth-order valence-corrected chi connectivity index (χ4v) is 5.50. The molecule has 2 aliphatic rings. The van der Waals surface area contributed by atoms with Crippen LogP contribution in [0.5, 0.6) is 5.75 Å². The monoisotopic (exact) mass is 503 g/mol. The number of rotatable bonds is 5. The van der Waals surface area contributed by atoms with E-state index in [9.17, 15) is 13.2 Å². The lowest BCUT2D eigenvalue weighted by Gasteiger charge is -2.35. The smallest absolute Gasteiger partial charge is 0.258 e. The van der Waals surface area contributed by atoms with E-state index in [1.807, 2.05) is 0 Å². The summed E-state index contributed by atoms with van der Waals surface area (Å²) in [5.41, 5.74) is 1.48. The van der Waals surface area contributed by atoms with Crippen molar-refractivity contribution < 1.29 is 23.1 Å². The highest BCUT2D eigenvalue weighted by molar-refractivity contribution is 7.92. The van der Waals surface area contributed by atoms with Gasteiger partial charge in [-0.15, -0.1) is 0 Å². The Morgan fingerprint density at radius 3 is 2.83 bits per heavy atom. The molecule has 1 aromatic heterocycles. The summed E-state index contributed by atoms with van der Waals surface area (Å²) >= 11 is 0. The minimum Gasteiger partial charge on any atom is -0.493 e. The highest BCUT2D eigenvalue weighted by atomic mass is 32.2. The standard InChI is InChI=1S/C24H33N5O5S/c1-34-21-9-10-22-26-23(21)25-11-3-2-5-17-6-4-12-29(16-17)20-15-18(28-35(32,33)14-13-30)7-8-19(20)24(31)27-22/h7-10,15,17,28,30H,2-6,11-14,16H2,1H3,(H2,25,26,27,31)/t17-/m0/s1. The van der Waals surface area contributed by atoms with Crippen molar-refractivity contribution in [1.82, 2.24) is 4.98 Å². The van der Waals surface area contributed by atoms with Crippen LogP contribution in [0.25, 0.3) is 0 Å². The number of carbonyl (C=O) groups excluding carboxylic acids is 1. The summed E-state index contributed by atoms with van der Waals surface area (Å²) in [6, 6.07) is 8.36. The zero-order valence-electron chi connectivity index (χ0n) is 19.9. The molecule has 0 radical (unpaired) electrons. The summed E-state index contributed by atoms with van der Waals surface area (Å²) in [6.07, 6.45) is 5.27. The molecule has 1 amide bonds. The highest BCUT2D eigenvalue weighted by Gasteiger charge is 2.25. The van der Waals surface area contributed by atoms with Gasteiger partial charge in [-0.05, 0) is 61.9 Å². The molecule has 3 heterocycles. The lowest BCUT2D eigenvalue weighted by molar-refractivity contribution is 0.102. The van der Waals surface area contributed by atoms with Gasteiger partial charge in [0.25, 0.3) is 5.91 Å². The maximum Gasteiger partial charge on any atom is 0.258 e. The number of aliphatic hydroxyl groups excluding tert-OH is 1. The lowest BCUT2D eigenvalue weighted by atomic mass is 9.92. The maximum absolute atomic E-state index is 13.4. The number of benzene rings is 1. The Balaban J connectivity index is 1.71. The molecule has 10 nitrogen and oxygen atoms in total. The third-order valence-corrected chi connectivity index (χ3v) is 7.65. The van der Waals surface area contributed by atoms with Crippen molar-refractivity contribution in [2.24, 2.45) is 5.92 Å². The van der Waals surface area contributed by atoms with E-state index in [4.69, 9.17) is 9.84 Å². The van der Waals surface area contributed by atoms with Crippen molar-refractivity contribution in [2.75, 3.05) is 59.4 Å². The highest BCUT2D eigenvalue weighted by Crippen LogP contribution is 2.32. The molecular weight excluding hydrogens is 470 g/mol. The number of piperidine rings is 1. The number of sulfonamides is 1. The van der Waals surface area contributed by atoms with Crippen molar-refractivity contribution in [1.29, 1.82) is 0 Å². The summed E-state index contributed by atoms with van der Waals surface area (Å²) in [4.78, 5) is 20.1. The van der Waals surface area contributed by atoms with Crippen LogP contribution in [0.15, 0.2) is 30.3 Å². The first-order valence-electron chi connectivity index (χ1n) is 12.0. The number of pyridine rings is 1. The molecule has 0 spiro atoms. The molecule has 4 rings (SSSR count). The molecule has 190 valence electrons. The van der Waals surface area contributed by atoms with Gasteiger partial charge in [-0.1, -0.05) is 6.42 Å². The second-order valence-corrected chi connectivity index (χ2v) is 10.8. The van der Waals surface area contributed by atoms with Gasteiger partial charge < -0.3 is 25.4 Å². The van der Waals surface area contributed by atoms with Crippen molar-refractivity contribution in [2.45, 2.75) is 32.1 Å². The Labute approximate surface area is 206 Å². The predicted octanol–water partition coefficient (Wildman–Crippen LogP) is 2.89. The fraction of sp³-hybridized carbons (Fsp3) is 0.500. The molecule has 0 saturated carbocycles. The lowest BCUT2D eigenvalue weighted by Crippen LogP contribution is -2.36. The number of methoxy groups -OCH3 is 1. The molecule has 1 aromatic carbocycles. The van der Waals surface area contributed by atoms with Crippen LogP contribution < -0.4 is 25.0 Å². The van der Waals surface area contributed by atoms with E-state index < -0.39 is 22.4 Å². The van der Waals surface area contributed by atoms with E-state index in [1.54, 1.807) is 37.4 Å². The second-order valence-electron chi connectivity index (χ2n) is 8.95. The first kappa shape index (κ1) is 25.1. The van der Waals surface area contributed by atoms with Gasteiger partial charge in [0.05, 0.1) is 36.4 Å². The average molecular weight is 504 g/mol. The topological polar surface area (TPSA) is 133 Å². The van der Waals surface area contributed by atoms with Gasteiger partial charge in [-0.3, -0.25) is 9.52 Å². The summed E-state index contributed by atoms with van der Waals surface area (Å²) < 4.78 is 32.4. The van der Waals surface area contributed by atoms with Gasteiger partial charge >= 0.3 is 0 Å². The van der Waals surface area contributed by atoms with Crippen LogP contribution in [0.2, 0.25) is 0 Å². The van der Waals surface area contributed by atoms with Gasteiger partial charge in [-0.25, -0.2) is 13.4 Å². The van der Waals surface area contributed by atoms with E-state index in [0.29, 0.717) is 40.2 Å². The number of amides is 1. The Kier molecular flexibility index (Phi) is 7.97. The Hall–Kier alpha value is -3.05. The number of aromatic nitrogens is 1. The van der Waals surface area contributed by atoms with Crippen LogP contribution in [0.4, 0.5) is 23.0 Å². The van der Waals surface area contributed by atoms with E-state index in [2.05, 4.69) is 25.2 Å². The van der Waals surface area contributed by atoms with E-state index >= 15 is 0 Å². The van der Waals surface area contributed by atoms with Gasteiger partial charge in [0.2, 0.25) is 10.0 Å². The van der Waals surface area contributed by atoms with Crippen molar-refractivity contribution in [3.8, 4) is 5.75 Å². The third-order valence-electron chi connectivity index (χ3n) is 6.39. The summed E-state index contributed by atoms with van der Waals surface area (Å²) in [5, 5.41) is 15.3. The third kappa shape index (κ3) is 6.34. The molecule has 4 bridgehead atoms. The quantitative estimate of drug-likeness (QED) is 0.490. The van der Waals surface area contributed by atoms with Crippen LogP contribution in [-0.2, 0) is 10.0 Å². The normalized spacial score (nSPS) is 18.9. The number of hydrogen-bond donors (Lipinski definition) is 4. The summed E-state index contributed by atoms with van der Waals surface area (Å²) in [7, 11) is -2.11. The zero-order chi connectivity index (χ0) is 24.8. The first-order valence-corrected chi connectivity index (χ1v) is 13.6. The number of nitrogens with zero attached hydrogens (tertiary/aromatic N) is 2. The predicted molar refractivity (Wildman–Crippen MR) is 137 cm³/mol. The number of nitrogens with one attached hydrogen (secondary N) is 3. The first-order chi connectivity index (χ1) is 16.9. The summed E-state index contributed by atoms with van der Waals surface area (Å²) in [6.45, 7) is 1.88.